The number of rotatable bonds is 4. The molecule has 0 saturated carbocycles. The molecule has 19 heavy (non-hydrogen) atoms. The summed E-state index contributed by atoms with van der Waals surface area (Å²) in [5, 5.41) is 4.01. The molecule has 0 aromatic carbocycles. The van der Waals surface area contributed by atoms with Crippen molar-refractivity contribution in [3.8, 4) is 0 Å². The highest BCUT2D eigenvalue weighted by Crippen LogP contribution is 2.33. The normalized spacial score (nSPS) is 22.2. The van der Waals surface area contributed by atoms with Gasteiger partial charge in [0.2, 0.25) is 0 Å². The van der Waals surface area contributed by atoms with Crippen LogP contribution >= 0.6 is 11.6 Å². The molecule has 1 aromatic rings. The summed E-state index contributed by atoms with van der Waals surface area (Å²) in [4.78, 5) is 8.27. The standard InChI is InChI=1S/C14H22ClN3O/c1-4-14(5-2)8-11(6-7-19-14)18-13-10(3)12(15)16-9-17-13/h9,11H,4-8H2,1-3H3,(H,16,17,18). The molecule has 5 heteroatoms. The van der Waals surface area contributed by atoms with Crippen LogP contribution in [0.3, 0.4) is 0 Å². The fraction of sp³-hybridized carbons (Fsp3) is 0.714. The minimum atomic E-state index is 0.0145. The maximum absolute atomic E-state index is 6.03. The van der Waals surface area contributed by atoms with Crippen molar-refractivity contribution in [1.82, 2.24) is 9.97 Å². The van der Waals surface area contributed by atoms with Crippen LogP contribution in [-0.2, 0) is 4.74 Å². The molecule has 1 aliphatic heterocycles. The molecule has 1 N–H and O–H groups in total. The molecule has 1 aromatic heterocycles. The predicted molar refractivity (Wildman–Crippen MR) is 77.7 cm³/mol. The van der Waals surface area contributed by atoms with Crippen molar-refractivity contribution in [3.63, 3.8) is 0 Å². The van der Waals surface area contributed by atoms with E-state index < -0.39 is 0 Å². The van der Waals surface area contributed by atoms with Gasteiger partial charge in [0, 0.05) is 18.2 Å². The van der Waals surface area contributed by atoms with Gasteiger partial charge in [-0.3, -0.25) is 0 Å². The van der Waals surface area contributed by atoms with Crippen molar-refractivity contribution in [1.29, 1.82) is 0 Å². The molecule has 2 heterocycles. The van der Waals surface area contributed by atoms with E-state index in [4.69, 9.17) is 16.3 Å². The Morgan fingerprint density at radius 1 is 1.42 bits per heavy atom. The van der Waals surface area contributed by atoms with Gasteiger partial charge >= 0.3 is 0 Å². The fourth-order valence-corrected chi connectivity index (χ4v) is 2.79. The maximum Gasteiger partial charge on any atom is 0.137 e. The van der Waals surface area contributed by atoms with Gasteiger partial charge in [0.15, 0.2) is 0 Å². The number of halogens is 1. The number of aromatic nitrogens is 2. The molecule has 0 spiro atoms. The summed E-state index contributed by atoms with van der Waals surface area (Å²) in [7, 11) is 0. The molecule has 106 valence electrons. The highest BCUT2D eigenvalue weighted by atomic mass is 35.5. The first kappa shape index (κ1) is 14.5. The molecule has 2 rings (SSSR count). The number of anilines is 1. The highest BCUT2D eigenvalue weighted by molar-refractivity contribution is 6.30. The largest absolute Gasteiger partial charge is 0.375 e. The average Bonchev–Trinajstić information content (AvgIpc) is 2.44. The van der Waals surface area contributed by atoms with Gasteiger partial charge < -0.3 is 10.1 Å². The van der Waals surface area contributed by atoms with Crippen LogP contribution in [0.1, 0.15) is 45.1 Å². The second-order valence-corrected chi connectivity index (χ2v) is 5.57. The summed E-state index contributed by atoms with van der Waals surface area (Å²) in [5.74, 6) is 0.841. The molecule has 1 fully saturated rings. The van der Waals surface area contributed by atoms with Crippen molar-refractivity contribution in [3.05, 3.63) is 17.0 Å². The summed E-state index contributed by atoms with van der Waals surface area (Å²) in [6.07, 6.45) is 5.62. The van der Waals surface area contributed by atoms with E-state index in [1.54, 1.807) is 0 Å². The summed E-state index contributed by atoms with van der Waals surface area (Å²) >= 11 is 6.03. The molecule has 0 bridgehead atoms. The first-order chi connectivity index (χ1) is 9.10. The second-order valence-electron chi connectivity index (χ2n) is 5.21. The van der Waals surface area contributed by atoms with Gasteiger partial charge in [-0.05, 0) is 32.6 Å². The lowest BCUT2D eigenvalue weighted by Crippen LogP contribution is -2.43. The lowest BCUT2D eigenvalue weighted by atomic mass is 9.86. The number of hydrogen-bond donors (Lipinski definition) is 1. The van der Waals surface area contributed by atoms with Crippen molar-refractivity contribution in [2.45, 2.75) is 58.1 Å². The monoisotopic (exact) mass is 283 g/mol. The number of ether oxygens (including phenoxy) is 1. The van der Waals surface area contributed by atoms with E-state index in [-0.39, 0.29) is 5.60 Å². The Hall–Kier alpha value is -0.870. The van der Waals surface area contributed by atoms with Crippen LogP contribution in [-0.4, -0.2) is 28.2 Å². The third-order valence-corrected chi connectivity index (χ3v) is 4.53. The zero-order valence-electron chi connectivity index (χ0n) is 11.9. The Bertz CT molecular complexity index is 435. The number of hydrogen-bond acceptors (Lipinski definition) is 4. The Labute approximate surface area is 119 Å². The van der Waals surface area contributed by atoms with E-state index in [0.29, 0.717) is 11.2 Å². The Balaban J connectivity index is 2.09. The summed E-state index contributed by atoms with van der Waals surface area (Å²) in [6, 6.07) is 0.387. The van der Waals surface area contributed by atoms with Crippen molar-refractivity contribution < 1.29 is 4.74 Å². The van der Waals surface area contributed by atoms with Crippen molar-refractivity contribution in [2.24, 2.45) is 0 Å². The van der Waals surface area contributed by atoms with Gasteiger partial charge in [0.25, 0.3) is 0 Å². The van der Waals surface area contributed by atoms with Crippen LogP contribution in [0.15, 0.2) is 6.33 Å². The minimum absolute atomic E-state index is 0.0145. The van der Waals surface area contributed by atoms with E-state index in [9.17, 15) is 0 Å². The van der Waals surface area contributed by atoms with E-state index in [0.717, 1.165) is 43.7 Å². The summed E-state index contributed by atoms with van der Waals surface area (Å²) in [6.45, 7) is 7.13. The SMILES string of the molecule is CCC1(CC)CC(Nc2ncnc(Cl)c2C)CCO1. The van der Waals surface area contributed by atoms with Crippen LogP contribution in [0.25, 0.3) is 0 Å². The molecular formula is C14H22ClN3O. The van der Waals surface area contributed by atoms with Gasteiger partial charge in [0.1, 0.15) is 17.3 Å². The molecule has 1 atom stereocenters. The van der Waals surface area contributed by atoms with Gasteiger partial charge in [0.05, 0.1) is 5.60 Å². The quantitative estimate of drug-likeness (QED) is 0.858. The summed E-state index contributed by atoms with van der Waals surface area (Å²) < 4.78 is 5.99. The third-order valence-electron chi connectivity index (χ3n) is 4.15. The lowest BCUT2D eigenvalue weighted by Gasteiger charge is -2.40. The smallest absolute Gasteiger partial charge is 0.137 e. The van der Waals surface area contributed by atoms with E-state index in [1.807, 2.05) is 6.92 Å². The number of nitrogens with zero attached hydrogens (tertiary/aromatic N) is 2. The predicted octanol–water partition coefficient (Wildman–Crippen LogP) is 3.59. The fourth-order valence-electron chi connectivity index (χ4n) is 2.66. The van der Waals surface area contributed by atoms with E-state index >= 15 is 0 Å². The zero-order valence-corrected chi connectivity index (χ0v) is 12.6. The van der Waals surface area contributed by atoms with Gasteiger partial charge in [-0.2, -0.15) is 0 Å². The Morgan fingerprint density at radius 2 is 2.16 bits per heavy atom. The first-order valence-corrected chi connectivity index (χ1v) is 7.35. The van der Waals surface area contributed by atoms with Crippen LogP contribution in [0.5, 0.6) is 0 Å². The molecule has 0 aliphatic carbocycles. The van der Waals surface area contributed by atoms with Crippen LogP contribution in [0.4, 0.5) is 5.82 Å². The van der Waals surface area contributed by atoms with E-state index in [1.165, 1.54) is 6.33 Å². The lowest BCUT2D eigenvalue weighted by molar-refractivity contribution is -0.0864. The molecule has 1 unspecified atom stereocenters. The molecule has 1 saturated heterocycles. The van der Waals surface area contributed by atoms with Crippen molar-refractivity contribution >= 4 is 17.4 Å². The van der Waals surface area contributed by atoms with Crippen LogP contribution < -0.4 is 5.32 Å². The van der Waals surface area contributed by atoms with Crippen LogP contribution in [0, 0.1) is 6.92 Å². The van der Waals surface area contributed by atoms with E-state index in [2.05, 4.69) is 29.1 Å². The van der Waals surface area contributed by atoms with Crippen LogP contribution in [0.2, 0.25) is 5.15 Å². The molecule has 4 nitrogen and oxygen atoms in total. The topological polar surface area (TPSA) is 47.0 Å². The average molecular weight is 284 g/mol. The molecule has 0 radical (unpaired) electrons. The minimum Gasteiger partial charge on any atom is -0.375 e. The number of nitrogens with one attached hydrogen (secondary N) is 1. The third kappa shape index (κ3) is 3.18. The molecule has 0 amide bonds. The molecule has 1 aliphatic rings. The highest BCUT2D eigenvalue weighted by Gasteiger charge is 2.34. The van der Waals surface area contributed by atoms with Gasteiger partial charge in [-0.15, -0.1) is 0 Å². The van der Waals surface area contributed by atoms with Gasteiger partial charge in [-0.1, -0.05) is 25.4 Å². The zero-order chi connectivity index (χ0) is 13.9. The Morgan fingerprint density at radius 3 is 2.84 bits per heavy atom. The molecular weight excluding hydrogens is 262 g/mol. The second kappa shape index (κ2) is 6.06. The van der Waals surface area contributed by atoms with Crippen molar-refractivity contribution in [2.75, 3.05) is 11.9 Å². The first-order valence-electron chi connectivity index (χ1n) is 6.98. The summed E-state index contributed by atoms with van der Waals surface area (Å²) in [5.41, 5.74) is 0.926. The Kier molecular flexibility index (Phi) is 4.63. The van der Waals surface area contributed by atoms with Gasteiger partial charge in [-0.25, -0.2) is 9.97 Å². The maximum atomic E-state index is 6.03.